The summed E-state index contributed by atoms with van der Waals surface area (Å²) in [6.45, 7) is 4.34. The lowest BCUT2D eigenvalue weighted by atomic mass is 10.0. The van der Waals surface area contributed by atoms with Crippen molar-refractivity contribution >= 4 is 35.6 Å². The number of amides is 4. The lowest BCUT2D eigenvalue weighted by Gasteiger charge is -2.25. The molecule has 33 heavy (non-hydrogen) atoms. The molecule has 1 aliphatic rings. The number of carboxylic acid groups (broad SMARTS) is 2. The van der Waals surface area contributed by atoms with Gasteiger partial charge in [-0.2, -0.15) is 0 Å². The van der Waals surface area contributed by atoms with Crippen molar-refractivity contribution in [1.29, 1.82) is 0 Å². The van der Waals surface area contributed by atoms with Crippen LogP contribution in [0.2, 0.25) is 0 Å². The summed E-state index contributed by atoms with van der Waals surface area (Å²) in [5.74, 6) is -5.80. The predicted molar refractivity (Wildman–Crippen MR) is 115 cm³/mol. The summed E-state index contributed by atoms with van der Waals surface area (Å²) in [4.78, 5) is 71.4. The average Bonchev–Trinajstić information content (AvgIpc) is 3.23. The monoisotopic (exact) mass is 471 g/mol. The average molecular weight is 472 g/mol. The second-order valence-electron chi connectivity index (χ2n) is 8.40. The Bertz CT molecular complexity index is 751. The molecule has 186 valence electrons. The van der Waals surface area contributed by atoms with E-state index in [1.807, 2.05) is 13.8 Å². The number of primary amides is 1. The first-order valence-electron chi connectivity index (χ1n) is 10.8. The van der Waals surface area contributed by atoms with E-state index in [9.17, 15) is 33.9 Å². The third-order valence-corrected chi connectivity index (χ3v) is 5.02. The number of aliphatic carboxylic acids is 2. The van der Waals surface area contributed by atoms with Crippen molar-refractivity contribution in [3.63, 3.8) is 0 Å². The quantitative estimate of drug-likeness (QED) is 0.150. The van der Waals surface area contributed by atoms with E-state index in [2.05, 4.69) is 21.3 Å². The Morgan fingerprint density at radius 1 is 0.970 bits per heavy atom. The van der Waals surface area contributed by atoms with Gasteiger partial charge in [-0.05, 0) is 38.1 Å². The van der Waals surface area contributed by atoms with Crippen LogP contribution in [0.5, 0.6) is 0 Å². The molecule has 4 amide bonds. The van der Waals surface area contributed by atoms with Crippen molar-refractivity contribution in [2.45, 2.75) is 76.5 Å². The van der Waals surface area contributed by atoms with Gasteiger partial charge in [0, 0.05) is 6.42 Å². The van der Waals surface area contributed by atoms with Gasteiger partial charge in [0.1, 0.15) is 18.1 Å². The summed E-state index contributed by atoms with van der Waals surface area (Å²) < 4.78 is 0. The van der Waals surface area contributed by atoms with Gasteiger partial charge in [-0.25, -0.2) is 4.79 Å². The number of carboxylic acids is 2. The van der Waals surface area contributed by atoms with Crippen LogP contribution in [-0.4, -0.2) is 76.5 Å². The second-order valence-corrected chi connectivity index (χ2v) is 8.40. The van der Waals surface area contributed by atoms with Crippen LogP contribution in [-0.2, 0) is 28.8 Å². The van der Waals surface area contributed by atoms with Gasteiger partial charge >= 0.3 is 11.9 Å². The molecule has 0 aromatic carbocycles. The number of rotatable bonds is 14. The first kappa shape index (κ1) is 27.8. The Kier molecular flexibility index (Phi) is 11.3. The molecule has 0 spiro atoms. The van der Waals surface area contributed by atoms with Crippen molar-refractivity contribution in [1.82, 2.24) is 21.3 Å². The highest BCUT2D eigenvalue weighted by atomic mass is 16.4. The summed E-state index contributed by atoms with van der Waals surface area (Å²) in [6.07, 6.45) is 0.248. The minimum Gasteiger partial charge on any atom is -0.481 e. The minimum atomic E-state index is -1.60. The van der Waals surface area contributed by atoms with Gasteiger partial charge in [0.05, 0.1) is 12.5 Å². The third kappa shape index (κ3) is 10.3. The zero-order chi connectivity index (χ0) is 25.1. The summed E-state index contributed by atoms with van der Waals surface area (Å²) in [5, 5.41) is 28.5. The largest absolute Gasteiger partial charge is 0.481 e. The summed E-state index contributed by atoms with van der Waals surface area (Å²) in [7, 11) is 0. The Hall–Kier alpha value is -3.22. The normalized spacial score (nSPS) is 18.1. The maximum Gasteiger partial charge on any atom is 0.326 e. The van der Waals surface area contributed by atoms with Gasteiger partial charge in [-0.1, -0.05) is 13.8 Å². The number of carbonyl (C=O) groups excluding carboxylic acids is 4. The lowest BCUT2D eigenvalue weighted by Crippen LogP contribution is -2.57. The maximum absolute atomic E-state index is 12.9. The van der Waals surface area contributed by atoms with Crippen LogP contribution in [0.4, 0.5) is 0 Å². The summed E-state index contributed by atoms with van der Waals surface area (Å²) in [5.41, 5.74) is 5.00. The topological polar surface area (TPSA) is 217 Å². The molecule has 4 unspecified atom stereocenters. The van der Waals surface area contributed by atoms with Crippen molar-refractivity contribution in [3.8, 4) is 0 Å². The number of carbonyl (C=O) groups is 6. The van der Waals surface area contributed by atoms with Gasteiger partial charge in [-0.15, -0.1) is 0 Å². The van der Waals surface area contributed by atoms with Crippen LogP contribution in [0.1, 0.15) is 52.4 Å². The fourth-order valence-electron chi connectivity index (χ4n) is 3.36. The SMILES string of the molecule is CC(C)CC(NC(=O)C1CCCN1)C(=O)NC(CC(=O)O)C(=O)NC(CCC(N)=O)C(=O)O. The highest BCUT2D eigenvalue weighted by Gasteiger charge is 2.32. The molecule has 0 aromatic rings. The van der Waals surface area contributed by atoms with E-state index in [-0.39, 0.29) is 31.1 Å². The minimum absolute atomic E-state index is 0.00507. The van der Waals surface area contributed by atoms with E-state index in [0.29, 0.717) is 13.0 Å². The molecule has 13 nitrogen and oxygen atoms in total. The van der Waals surface area contributed by atoms with Crippen LogP contribution in [0, 0.1) is 5.92 Å². The fourth-order valence-corrected chi connectivity index (χ4v) is 3.36. The summed E-state index contributed by atoms with van der Waals surface area (Å²) >= 11 is 0. The van der Waals surface area contributed by atoms with Gasteiger partial charge < -0.3 is 37.2 Å². The van der Waals surface area contributed by atoms with Gasteiger partial charge in [0.2, 0.25) is 23.6 Å². The molecule has 1 rings (SSSR count). The zero-order valence-corrected chi connectivity index (χ0v) is 18.8. The van der Waals surface area contributed by atoms with Crippen molar-refractivity contribution in [2.24, 2.45) is 11.7 Å². The Labute approximate surface area is 191 Å². The number of hydrogen-bond acceptors (Lipinski definition) is 7. The fraction of sp³-hybridized carbons (Fsp3) is 0.700. The number of nitrogens with one attached hydrogen (secondary N) is 4. The first-order chi connectivity index (χ1) is 15.4. The third-order valence-electron chi connectivity index (χ3n) is 5.02. The van der Waals surface area contributed by atoms with E-state index < -0.39 is 60.2 Å². The van der Waals surface area contributed by atoms with Crippen LogP contribution >= 0.6 is 0 Å². The molecule has 0 aliphatic carbocycles. The molecule has 0 radical (unpaired) electrons. The van der Waals surface area contributed by atoms with Gasteiger partial charge in [-0.3, -0.25) is 24.0 Å². The molecule has 0 bridgehead atoms. The molecular weight excluding hydrogens is 438 g/mol. The van der Waals surface area contributed by atoms with E-state index >= 15 is 0 Å². The number of hydrogen-bond donors (Lipinski definition) is 7. The Morgan fingerprint density at radius 3 is 2.06 bits per heavy atom. The highest BCUT2D eigenvalue weighted by molar-refractivity contribution is 5.95. The van der Waals surface area contributed by atoms with Crippen LogP contribution in [0.3, 0.4) is 0 Å². The molecule has 1 saturated heterocycles. The zero-order valence-electron chi connectivity index (χ0n) is 18.8. The van der Waals surface area contributed by atoms with Crippen molar-refractivity contribution < 1.29 is 39.0 Å². The molecule has 4 atom stereocenters. The maximum atomic E-state index is 12.9. The first-order valence-corrected chi connectivity index (χ1v) is 10.8. The summed E-state index contributed by atoms with van der Waals surface area (Å²) in [6, 6.07) is -4.55. The molecule has 13 heteroatoms. The van der Waals surface area contributed by atoms with Crippen LogP contribution < -0.4 is 27.0 Å². The molecule has 0 aromatic heterocycles. The Balaban J connectivity index is 2.92. The van der Waals surface area contributed by atoms with E-state index in [1.165, 1.54) is 0 Å². The predicted octanol–water partition coefficient (Wildman–Crippen LogP) is -1.94. The van der Waals surface area contributed by atoms with E-state index in [4.69, 9.17) is 10.8 Å². The second kappa shape index (κ2) is 13.4. The molecular formula is C20H33N5O8. The van der Waals surface area contributed by atoms with E-state index in [1.54, 1.807) is 0 Å². The number of nitrogens with two attached hydrogens (primary N) is 1. The van der Waals surface area contributed by atoms with Crippen LogP contribution in [0.15, 0.2) is 0 Å². The molecule has 1 aliphatic heterocycles. The van der Waals surface area contributed by atoms with Gasteiger partial charge in [0.25, 0.3) is 0 Å². The molecule has 8 N–H and O–H groups in total. The standard InChI is InChI=1S/C20H33N5O8/c1-10(2)8-13(24-17(29)11-4-3-7-22-11)18(30)25-14(9-16(27)28)19(31)23-12(20(32)33)5-6-15(21)26/h10-14,22H,3-9H2,1-2H3,(H2,21,26)(H,23,31)(H,24,29)(H,25,30)(H,27,28)(H,32,33). The smallest absolute Gasteiger partial charge is 0.326 e. The van der Waals surface area contributed by atoms with Gasteiger partial charge in [0.15, 0.2) is 0 Å². The van der Waals surface area contributed by atoms with Crippen LogP contribution in [0.25, 0.3) is 0 Å². The Morgan fingerprint density at radius 2 is 1.58 bits per heavy atom. The highest BCUT2D eigenvalue weighted by Crippen LogP contribution is 2.10. The molecule has 0 saturated carbocycles. The van der Waals surface area contributed by atoms with Crippen molar-refractivity contribution in [2.75, 3.05) is 6.54 Å². The van der Waals surface area contributed by atoms with Crippen molar-refractivity contribution in [3.05, 3.63) is 0 Å². The molecule has 1 heterocycles. The lowest BCUT2D eigenvalue weighted by molar-refractivity contribution is -0.144. The molecule has 1 fully saturated rings. The van der Waals surface area contributed by atoms with E-state index in [0.717, 1.165) is 6.42 Å².